The van der Waals surface area contributed by atoms with Gasteiger partial charge in [-0.1, -0.05) is 12.1 Å². The van der Waals surface area contributed by atoms with Crippen LogP contribution in [0.1, 0.15) is 29.6 Å². The summed E-state index contributed by atoms with van der Waals surface area (Å²) in [7, 11) is 0. The predicted molar refractivity (Wildman–Crippen MR) is 92.6 cm³/mol. The Hall–Kier alpha value is -1.72. The van der Waals surface area contributed by atoms with E-state index in [1.165, 1.54) is 6.42 Å². The molecule has 23 heavy (non-hydrogen) atoms. The van der Waals surface area contributed by atoms with Gasteiger partial charge >= 0.3 is 0 Å². The lowest BCUT2D eigenvalue weighted by atomic mass is 9.78. The number of benzene rings is 1. The van der Waals surface area contributed by atoms with Crippen molar-refractivity contribution in [3.8, 4) is 11.3 Å². The third-order valence-electron chi connectivity index (χ3n) is 5.28. The summed E-state index contributed by atoms with van der Waals surface area (Å²) in [5, 5.41) is 5.49. The van der Waals surface area contributed by atoms with Gasteiger partial charge in [-0.3, -0.25) is 4.79 Å². The molecule has 2 aliphatic rings. The van der Waals surface area contributed by atoms with Crippen molar-refractivity contribution in [3.05, 3.63) is 40.7 Å². The van der Waals surface area contributed by atoms with Crippen LogP contribution in [0, 0.1) is 5.41 Å². The van der Waals surface area contributed by atoms with E-state index in [0.29, 0.717) is 5.41 Å². The number of hydrogen-bond donors (Lipinski definition) is 1. The first-order valence-electron chi connectivity index (χ1n) is 8.24. The van der Waals surface area contributed by atoms with Gasteiger partial charge in [0, 0.05) is 36.1 Å². The van der Waals surface area contributed by atoms with E-state index < -0.39 is 0 Å². The van der Waals surface area contributed by atoms with Gasteiger partial charge in [-0.15, -0.1) is 11.3 Å². The summed E-state index contributed by atoms with van der Waals surface area (Å²) in [5.74, 6) is 0.155. The van der Waals surface area contributed by atoms with Crippen LogP contribution in [0.3, 0.4) is 0 Å². The lowest BCUT2D eigenvalue weighted by Crippen LogP contribution is -2.44. The van der Waals surface area contributed by atoms with E-state index in [4.69, 9.17) is 0 Å². The molecular weight excluding hydrogens is 306 g/mol. The van der Waals surface area contributed by atoms with Crippen LogP contribution in [0.2, 0.25) is 0 Å². The van der Waals surface area contributed by atoms with Gasteiger partial charge in [-0.05, 0) is 43.4 Å². The second-order valence-electron chi connectivity index (χ2n) is 6.67. The van der Waals surface area contributed by atoms with Crippen molar-refractivity contribution in [2.75, 3.05) is 26.2 Å². The maximum Gasteiger partial charge on any atom is 0.253 e. The number of aromatic nitrogens is 1. The molecule has 0 aliphatic carbocycles. The number of amides is 1. The highest BCUT2D eigenvalue weighted by Crippen LogP contribution is 2.37. The molecule has 1 aromatic carbocycles. The van der Waals surface area contributed by atoms with Crippen LogP contribution in [-0.2, 0) is 0 Å². The number of likely N-dealkylation sites (tertiary alicyclic amines) is 1. The Morgan fingerprint density at radius 1 is 1.26 bits per heavy atom. The van der Waals surface area contributed by atoms with Crippen molar-refractivity contribution in [1.82, 2.24) is 15.2 Å². The molecule has 2 aliphatic heterocycles. The molecule has 3 heterocycles. The van der Waals surface area contributed by atoms with Crippen LogP contribution in [0.15, 0.2) is 35.2 Å². The van der Waals surface area contributed by atoms with E-state index in [-0.39, 0.29) is 5.91 Å². The van der Waals surface area contributed by atoms with Gasteiger partial charge in [0.05, 0.1) is 11.2 Å². The van der Waals surface area contributed by atoms with E-state index in [1.807, 2.05) is 40.1 Å². The molecule has 1 N–H and O–H groups in total. The number of carbonyl (C=O) groups is 1. The fourth-order valence-corrected chi connectivity index (χ4v) is 4.32. The van der Waals surface area contributed by atoms with Crippen molar-refractivity contribution in [2.45, 2.75) is 19.3 Å². The first-order valence-corrected chi connectivity index (χ1v) is 9.19. The lowest BCUT2D eigenvalue weighted by molar-refractivity contribution is 0.0608. The standard InChI is InChI=1S/C18H21N3OS/c22-17(21-8-5-18(6-9-21)4-7-19-12-18)15-3-1-2-14(10-15)16-11-23-13-20-16/h1-3,10-11,13,19H,4-9,12H2. The maximum absolute atomic E-state index is 12.8. The number of nitrogens with one attached hydrogen (secondary N) is 1. The Morgan fingerprint density at radius 2 is 2.13 bits per heavy atom. The van der Waals surface area contributed by atoms with Gasteiger partial charge in [-0.25, -0.2) is 4.98 Å². The molecule has 5 heteroatoms. The molecule has 0 bridgehead atoms. The first kappa shape index (κ1) is 14.8. The van der Waals surface area contributed by atoms with E-state index >= 15 is 0 Å². The third-order valence-corrected chi connectivity index (χ3v) is 5.87. The van der Waals surface area contributed by atoms with Gasteiger partial charge in [0.2, 0.25) is 0 Å². The average Bonchev–Trinajstić information content (AvgIpc) is 3.28. The third kappa shape index (κ3) is 2.91. The Balaban J connectivity index is 1.48. The summed E-state index contributed by atoms with van der Waals surface area (Å²) in [5.41, 5.74) is 5.00. The van der Waals surface area contributed by atoms with Gasteiger partial charge < -0.3 is 10.2 Å². The zero-order valence-electron chi connectivity index (χ0n) is 13.1. The minimum absolute atomic E-state index is 0.155. The molecule has 0 radical (unpaired) electrons. The fourth-order valence-electron chi connectivity index (χ4n) is 3.76. The van der Waals surface area contributed by atoms with Crippen molar-refractivity contribution < 1.29 is 4.79 Å². The van der Waals surface area contributed by atoms with E-state index in [0.717, 1.165) is 55.8 Å². The van der Waals surface area contributed by atoms with Crippen molar-refractivity contribution in [2.24, 2.45) is 5.41 Å². The van der Waals surface area contributed by atoms with Gasteiger partial charge in [0.25, 0.3) is 5.91 Å². The van der Waals surface area contributed by atoms with Crippen LogP contribution in [0.4, 0.5) is 0 Å². The minimum Gasteiger partial charge on any atom is -0.339 e. The zero-order valence-corrected chi connectivity index (χ0v) is 13.9. The van der Waals surface area contributed by atoms with Crippen LogP contribution in [0.25, 0.3) is 11.3 Å². The monoisotopic (exact) mass is 327 g/mol. The largest absolute Gasteiger partial charge is 0.339 e. The summed E-state index contributed by atoms with van der Waals surface area (Å²) >= 11 is 1.58. The molecule has 2 fully saturated rings. The molecule has 4 nitrogen and oxygen atoms in total. The molecule has 1 spiro atoms. The SMILES string of the molecule is O=C(c1cccc(-c2cscn2)c1)N1CCC2(CCNC2)CC1. The lowest BCUT2D eigenvalue weighted by Gasteiger charge is -2.39. The highest BCUT2D eigenvalue weighted by Gasteiger charge is 2.38. The molecular formula is C18H21N3OS. The summed E-state index contributed by atoms with van der Waals surface area (Å²) < 4.78 is 0. The summed E-state index contributed by atoms with van der Waals surface area (Å²) in [6, 6.07) is 7.86. The number of rotatable bonds is 2. The summed E-state index contributed by atoms with van der Waals surface area (Å²) in [4.78, 5) is 19.2. The zero-order chi connectivity index (χ0) is 15.7. The predicted octanol–water partition coefficient (Wildman–Crippen LogP) is 3.03. The van der Waals surface area contributed by atoms with Crippen molar-refractivity contribution >= 4 is 17.2 Å². The second-order valence-corrected chi connectivity index (χ2v) is 7.39. The number of hydrogen-bond acceptors (Lipinski definition) is 4. The average molecular weight is 327 g/mol. The number of thiazole rings is 1. The number of piperidine rings is 1. The van der Waals surface area contributed by atoms with E-state index in [9.17, 15) is 4.79 Å². The van der Waals surface area contributed by atoms with Crippen LogP contribution in [0.5, 0.6) is 0 Å². The first-order chi connectivity index (χ1) is 11.3. The Morgan fingerprint density at radius 3 is 2.83 bits per heavy atom. The van der Waals surface area contributed by atoms with Crippen LogP contribution in [-0.4, -0.2) is 42.0 Å². The maximum atomic E-state index is 12.8. The highest BCUT2D eigenvalue weighted by molar-refractivity contribution is 7.07. The fraction of sp³-hybridized carbons (Fsp3) is 0.444. The van der Waals surface area contributed by atoms with Crippen LogP contribution < -0.4 is 5.32 Å². The number of nitrogens with zero attached hydrogens (tertiary/aromatic N) is 2. The molecule has 120 valence electrons. The molecule has 1 aromatic heterocycles. The normalized spacial score (nSPS) is 20.1. The smallest absolute Gasteiger partial charge is 0.253 e. The van der Waals surface area contributed by atoms with Gasteiger partial charge in [-0.2, -0.15) is 0 Å². The van der Waals surface area contributed by atoms with Gasteiger partial charge in [0.1, 0.15) is 0 Å². The van der Waals surface area contributed by atoms with E-state index in [2.05, 4.69) is 10.3 Å². The molecule has 0 atom stereocenters. The highest BCUT2D eigenvalue weighted by atomic mass is 32.1. The van der Waals surface area contributed by atoms with Crippen molar-refractivity contribution in [3.63, 3.8) is 0 Å². The summed E-state index contributed by atoms with van der Waals surface area (Å²) in [6.45, 7) is 4.00. The molecule has 4 rings (SSSR count). The molecule has 0 unspecified atom stereocenters. The molecule has 0 saturated carbocycles. The molecule has 2 aromatic rings. The quantitative estimate of drug-likeness (QED) is 0.922. The Bertz CT molecular complexity index is 682. The van der Waals surface area contributed by atoms with Gasteiger partial charge in [0.15, 0.2) is 0 Å². The Labute approximate surface area is 140 Å². The Kier molecular flexibility index (Phi) is 3.91. The van der Waals surface area contributed by atoms with E-state index in [1.54, 1.807) is 11.3 Å². The van der Waals surface area contributed by atoms with Crippen molar-refractivity contribution in [1.29, 1.82) is 0 Å². The minimum atomic E-state index is 0.155. The molecule has 2 saturated heterocycles. The second kappa shape index (κ2) is 6.06. The summed E-state index contributed by atoms with van der Waals surface area (Å²) in [6.07, 6.45) is 3.50. The number of carbonyl (C=O) groups excluding carboxylic acids is 1. The topological polar surface area (TPSA) is 45.2 Å². The van der Waals surface area contributed by atoms with Crippen LogP contribution >= 0.6 is 11.3 Å². The molecule has 1 amide bonds.